The zero-order valence-electron chi connectivity index (χ0n) is 12.4. The number of benzene rings is 2. The highest BCUT2D eigenvalue weighted by Crippen LogP contribution is 2.35. The van der Waals surface area contributed by atoms with Gasteiger partial charge < -0.3 is 10.2 Å². The Balaban J connectivity index is 1.85. The molecule has 0 spiro atoms. The van der Waals surface area contributed by atoms with E-state index in [4.69, 9.17) is 0 Å². The second-order valence-corrected chi connectivity index (χ2v) is 6.44. The molecule has 0 aromatic heterocycles. The van der Waals surface area contributed by atoms with Crippen LogP contribution in [-0.4, -0.2) is 33.2 Å². The van der Waals surface area contributed by atoms with E-state index in [-0.39, 0.29) is 23.6 Å². The molecule has 0 saturated carbocycles. The molecule has 2 aromatic carbocycles. The molecule has 1 heterocycles. The average molecular weight is 343 g/mol. The van der Waals surface area contributed by atoms with Gasteiger partial charge in [0.1, 0.15) is 5.75 Å². The fourth-order valence-electron chi connectivity index (χ4n) is 2.47. The number of hydrogen-bond donors (Lipinski definition) is 2. The third kappa shape index (κ3) is 2.98. The van der Waals surface area contributed by atoms with Crippen molar-refractivity contribution in [3.05, 3.63) is 54.1 Å². The number of imide groups is 1. The Labute approximate surface area is 141 Å². The van der Waals surface area contributed by atoms with E-state index in [1.165, 1.54) is 30.3 Å². The first kappa shape index (κ1) is 16.1. The molecule has 0 radical (unpaired) electrons. The van der Waals surface area contributed by atoms with Crippen molar-refractivity contribution in [2.75, 3.05) is 4.90 Å². The van der Waals surface area contributed by atoms with Gasteiger partial charge in [0, 0.05) is 11.3 Å². The van der Waals surface area contributed by atoms with Gasteiger partial charge in [0.25, 0.3) is 0 Å². The van der Waals surface area contributed by atoms with Crippen LogP contribution in [0.25, 0.3) is 0 Å². The van der Waals surface area contributed by atoms with Crippen LogP contribution in [-0.2, 0) is 9.59 Å². The molecule has 0 unspecified atom stereocenters. The maximum Gasteiger partial charge on any atom is 0.336 e. The first-order valence-electron chi connectivity index (χ1n) is 7.12. The topological polar surface area (TPSA) is 94.9 Å². The van der Waals surface area contributed by atoms with E-state index in [2.05, 4.69) is 0 Å². The zero-order valence-corrected chi connectivity index (χ0v) is 13.2. The van der Waals surface area contributed by atoms with Crippen molar-refractivity contribution in [3.8, 4) is 5.75 Å². The van der Waals surface area contributed by atoms with Crippen molar-refractivity contribution in [1.29, 1.82) is 0 Å². The highest BCUT2D eigenvalue weighted by atomic mass is 32.2. The number of aromatic hydroxyl groups is 1. The summed E-state index contributed by atoms with van der Waals surface area (Å²) in [5.41, 5.74) is 0.489. The first-order valence-corrected chi connectivity index (χ1v) is 8.00. The van der Waals surface area contributed by atoms with Crippen LogP contribution in [0.3, 0.4) is 0 Å². The van der Waals surface area contributed by atoms with Crippen molar-refractivity contribution in [1.82, 2.24) is 0 Å². The van der Waals surface area contributed by atoms with Crippen molar-refractivity contribution < 1.29 is 24.6 Å². The highest BCUT2D eigenvalue weighted by Gasteiger charge is 2.40. The Kier molecular flexibility index (Phi) is 4.26. The van der Waals surface area contributed by atoms with Crippen LogP contribution < -0.4 is 4.90 Å². The molecular formula is C17H13NO5S. The van der Waals surface area contributed by atoms with Gasteiger partial charge in [0.2, 0.25) is 11.8 Å². The predicted molar refractivity (Wildman–Crippen MR) is 88.3 cm³/mol. The molecule has 1 aliphatic heterocycles. The van der Waals surface area contributed by atoms with Crippen molar-refractivity contribution in [3.63, 3.8) is 0 Å². The van der Waals surface area contributed by atoms with Gasteiger partial charge >= 0.3 is 5.97 Å². The summed E-state index contributed by atoms with van der Waals surface area (Å²) in [6.45, 7) is 0. The molecule has 24 heavy (non-hydrogen) atoms. The minimum atomic E-state index is -1.08. The lowest BCUT2D eigenvalue weighted by molar-refractivity contribution is -0.121. The second kappa shape index (κ2) is 6.37. The molecule has 1 saturated heterocycles. The Hall–Kier alpha value is -2.80. The maximum absolute atomic E-state index is 12.6. The summed E-state index contributed by atoms with van der Waals surface area (Å²) in [4.78, 5) is 37.5. The van der Waals surface area contributed by atoms with E-state index < -0.39 is 17.1 Å². The minimum absolute atomic E-state index is 0.00166. The van der Waals surface area contributed by atoms with Gasteiger partial charge in [-0.2, -0.15) is 0 Å². The lowest BCUT2D eigenvalue weighted by Gasteiger charge is -2.15. The standard InChI is InChI=1S/C17H13NO5S/c19-11-7-5-10(6-8-11)18-15(20)9-14(16(18)21)24-13-4-2-1-3-12(13)17(22)23/h1-8,14,19H,9H2,(H,22,23)/t14-/m1/s1. The number of anilines is 1. The van der Waals surface area contributed by atoms with E-state index in [1.54, 1.807) is 18.2 Å². The minimum Gasteiger partial charge on any atom is -0.508 e. The van der Waals surface area contributed by atoms with E-state index in [9.17, 15) is 24.6 Å². The molecule has 6 nitrogen and oxygen atoms in total. The first-order chi connectivity index (χ1) is 11.5. The van der Waals surface area contributed by atoms with Crippen LogP contribution in [0, 0.1) is 0 Å². The number of amides is 2. The van der Waals surface area contributed by atoms with Crippen LogP contribution in [0.4, 0.5) is 5.69 Å². The molecule has 0 bridgehead atoms. The summed E-state index contributed by atoms with van der Waals surface area (Å²) in [5.74, 6) is -1.78. The van der Waals surface area contributed by atoms with Crippen LogP contribution in [0.5, 0.6) is 5.75 Å². The Morgan fingerprint density at radius 1 is 1.08 bits per heavy atom. The number of hydrogen-bond acceptors (Lipinski definition) is 5. The molecular weight excluding hydrogens is 330 g/mol. The Morgan fingerprint density at radius 3 is 2.42 bits per heavy atom. The van der Waals surface area contributed by atoms with Gasteiger partial charge in [0.05, 0.1) is 16.5 Å². The van der Waals surface area contributed by atoms with Crippen molar-refractivity contribution in [2.24, 2.45) is 0 Å². The molecule has 7 heteroatoms. The molecule has 2 amide bonds. The molecule has 0 aliphatic carbocycles. The van der Waals surface area contributed by atoms with Crippen molar-refractivity contribution >= 4 is 35.2 Å². The largest absolute Gasteiger partial charge is 0.508 e. The predicted octanol–water partition coefficient (Wildman–Crippen LogP) is 2.51. The lowest BCUT2D eigenvalue weighted by atomic mass is 10.2. The van der Waals surface area contributed by atoms with Crippen molar-refractivity contribution in [2.45, 2.75) is 16.6 Å². The summed E-state index contributed by atoms with van der Waals surface area (Å²) in [6.07, 6.45) is -0.00166. The van der Waals surface area contributed by atoms with E-state index in [0.717, 1.165) is 16.7 Å². The molecule has 2 N–H and O–H groups in total. The number of rotatable bonds is 4. The quantitative estimate of drug-likeness (QED) is 0.828. The number of carbonyl (C=O) groups is 3. The molecule has 1 fully saturated rings. The Morgan fingerprint density at radius 2 is 1.75 bits per heavy atom. The summed E-state index contributed by atoms with van der Waals surface area (Å²) in [7, 11) is 0. The fourth-order valence-corrected chi connectivity index (χ4v) is 3.65. The number of phenolic OH excluding ortho intramolecular Hbond substituents is 1. The van der Waals surface area contributed by atoms with Crippen LogP contribution >= 0.6 is 11.8 Å². The maximum atomic E-state index is 12.6. The normalized spacial score (nSPS) is 17.3. The zero-order chi connectivity index (χ0) is 17.3. The van der Waals surface area contributed by atoms with Gasteiger partial charge in [-0.3, -0.25) is 9.59 Å². The summed E-state index contributed by atoms with van der Waals surface area (Å²) < 4.78 is 0. The third-order valence-corrected chi connectivity index (χ3v) is 4.86. The summed E-state index contributed by atoms with van der Waals surface area (Å²) >= 11 is 1.08. The van der Waals surface area contributed by atoms with Gasteiger partial charge in [-0.05, 0) is 36.4 Å². The molecule has 1 atom stereocenters. The number of carboxylic acids is 1. The monoisotopic (exact) mass is 343 g/mol. The number of nitrogens with zero attached hydrogens (tertiary/aromatic N) is 1. The number of carboxylic acid groups (broad SMARTS) is 1. The summed E-state index contributed by atoms with van der Waals surface area (Å²) in [5, 5.41) is 17.9. The van der Waals surface area contributed by atoms with Crippen LogP contribution in [0.1, 0.15) is 16.8 Å². The van der Waals surface area contributed by atoms with Crippen LogP contribution in [0.2, 0.25) is 0 Å². The van der Waals surface area contributed by atoms with Gasteiger partial charge in [-0.1, -0.05) is 12.1 Å². The van der Waals surface area contributed by atoms with Gasteiger partial charge in [0.15, 0.2) is 0 Å². The second-order valence-electron chi connectivity index (χ2n) is 5.20. The number of aromatic carboxylic acids is 1. The molecule has 3 rings (SSSR count). The van der Waals surface area contributed by atoms with E-state index in [0.29, 0.717) is 10.6 Å². The van der Waals surface area contributed by atoms with Gasteiger partial charge in [-0.25, -0.2) is 9.69 Å². The SMILES string of the molecule is O=C(O)c1ccccc1S[C@@H]1CC(=O)N(c2ccc(O)cc2)C1=O. The lowest BCUT2D eigenvalue weighted by Crippen LogP contribution is -2.31. The smallest absolute Gasteiger partial charge is 0.336 e. The number of phenols is 1. The average Bonchev–Trinajstić information content (AvgIpc) is 2.83. The molecule has 122 valence electrons. The third-order valence-electron chi connectivity index (χ3n) is 3.60. The van der Waals surface area contributed by atoms with E-state index in [1.807, 2.05) is 0 Å². The van der Waals surface area contributed by atoms with Gasteiger partial charge in [-0.15, -0.1) is 11.8 Å². The van der Waals surface area contributed by atoms with E-state index >= 15 is 0 Å². The molecule has 1 aliphatic rings. The highest BCUT2D eigenvalue weighted by molar-refractivity contribution is 8.00. The Bertz CT molecular complexity index is 818. The number of carbonyl (C=O) groups excluding carboxylic acids is 2. The summed E-state index contributed by atoms with van der Waals surface area (Å²) in [6, 6.07) is 12.2. The molecule has 2 aromatic rings. The fraction of sp³-hybridized carbons (Fsp3) is 0.118. The van der Waals surface area contributed by atoms with Crippen LogP contribution in [0.15, 0.2) is 53.4 Å². The number of thioether (sulfide) groups is 1.